The van der Waals surface area contributed by atoms with E-state index in [1.165, 1.54) is 11.9 Å². The van der Waals surface area contributed by atoms with Crippen LogP contribution in [0.15, 0.2) is 35.5 Å². The van der Waals surface area contributed by atoms with Crippen LogP contribution in [0, 0.1) is 13.8 Å². The number of aryl methyl sites for hydroxylation is 2. The van der Waals surface area contributed by atoms with Crippen molar-refractivity contribution in [3.05, 3.63) is 41.7 Å². The van der Waals surface area contributed by atoms with Crippen LogP contribution >= 0.6 is 0 Å². The Kier molecular flexibility index (Phi) is 2.90. The number of carbonyl (C=O) groups is 2. The monoisotopic (exact) mass is 324 g/mol. The van der Waals surface area contributed by atoms with Gasteiger partial charge >= 0.3 is 12.0 Å². The number of carbonyl (C=O) groups excluding carboxylic acids is 2. The number of imide groups is 1. The molecule has 3 heterocycles. The highest BCUT2D eigenvalue weighted by Gasteiger charge is 2.52. The van der Waals surface area contributed by atoms with Crippen LogP contribution in [0.1, 0.15) is 17.3 Å². The van der Waals surface area contributed by atoms with Crippen molar-refractivity contribution < 1.29 is 14.2 Å². The number of aliphatic imine (C=N–C) groups is 1. The van der Waals surface area contributed by atoms with E-state index >= 15 is 0 Å². The molecule has 1 atom stereocenters. The number of hydrogen-bond donors (Lipinski definition) is 0. The molecule has 1 fully saturated rings. The molecule has 7 heteroatoms. The Morgan fingerprint density at radius 2 is 1.79 bits per heavy atom. The van der Waals surface area contributed by atoms with Gasteiger partial charge in [-0.25, -0.2) is 9.36 Å². The number of fused-ring (bicyclic) bond motifs is 3. The van der Waals surface area contributed by atoms with Crippen molar-refractivity contribution in [3.63, 3.8) is 0 Å². The number of aromatic nitrogens is 2. The number of amides is 3. The van der Waals surface area contributed by atoms with Crippen LogP contribution in [-0.4, -0.2) is 46.2 Å². The topological polar surface area (TPSA) is 61.8 Å². The molecular weight excluding hydrogens is 306 g/mol. The summed E-state index contributed by atoms with van der Waals surface area (Å²) in [5.41, 5.74) is 3.11. The summed E-state index contributed by atoms with van der Waals surface area (Å²) in [5.74, 6) is 0.869. The molecule has 2 aliphatic rings. The van der Waals surface area contributed by atoms with Crippen molar-refractivity contribution in [3.8, 4) is 5.69 Å². The number of urea groups is 1. The predicted octanol–water partition coefficient (Wildman–Crippen LogP) is 1.49. The third kappa shape index (κ3) is 1.72. The minimum Gasteiger partial charge on any atom is -0.270 e. The summed E-state index contributed by atoms with van der Waals surface area (Å²) in [5, 5.41) is 0. The van der Waals surface area contributed by atoms with E-state index < -0.39 is 6.04 Å². The van der Waals surface area contributed by atoms with Crippen LogP contribution in [0.3, 0.4) is 0 Å². The Morgan fingerprint density at radius 1 is 1.08 bits per heavy atom. The number of likely N-dealkylation sites (N-methyl/N-ethyl adjacent to an activating group) is 2. The van der Waals surface area contributed by atoms with E-state index in [1.54, 1.807) is 7.05 Å². The average Bonchev–Trinajstić information content (AvgIpc) is 3.06. The minimum atomic E-state index is -0.586. The van der Waals surface area contributed by atoms with Gasteiger partial charge < -0.3 is 0 Å². The predicted molar refractivity (Wildman–Crippen MR) is 87.5 cm³/mol. The van der Waals surface area contributed by atoms with E-state index in [0.717, 1.165) is 21.8 Å². The lowest BCUT2D eigenvalue weighted by Gasteiger charge is -2.30. The zero-order valence-corrected chi connectivity index (χ0v) is 14.0. The van der Waals surface area contributed by atoms with Crippen molar-refractivity contribution in [2.75, 3.05) is 14.1 Å². The zero-order valence-electron chi connectivity index (χ0n) is 14.0. The van der Waals surface area contributed by atoms with Gasteiger partial charge in [0.15, 0.2) is 0 Å². The number of hydrogen-bond acceptors (Lipinski definition) is 3. The number of amidine groups is 1. The van der Waals surface area contributed by atoms with Gasteiger partial charge in [0, 0.05) is 14.1 Å². The molecule has 2 aromatic rings. The van der Waals surface area contributed by atoms with Crippen LogP contribution in [-0.2, 0) is 4.79 Å². The normalized spacial score (nSPS) is 19.5. The second kappa shape index (κ2) is 4.77. The summed E-state index contributed by atoms with van der Waals surface area (Å²) in [4.78, 5) is 32.0. The fourth-order valence-corrected chi connectivity index (χ4v) is 3.38. The summed E-state index contributed by atoms with van der Waals surface area (Å²) < 4.78 is 3.87. The molecule has 2 aliphatic heterocycles. The van der Waals surface area contributed by atoms with Crippen molar-refractivity contribution in [2.45, 2.75) is 19.9 Å². The Hall–Kier alpha value is -2.96. The standard InChI is InChI=1S/C17H18N5O2/c1-10-7-5-6-8-12(10)22-11(2)9-21-13-14(18-16(21)22)19(3)17(24)20(4)15(13)23/h5-9,13H,1-4H3/q+1. The number of para-hydroxylation sites is 1. The zero-order chi connectivity index (χ0) is 17.2. The first-order valence-electron chi connectivity index (χ1n) is 7.75. The summed E-state index contributed by atoms with van der Waals surface area (Å²) in [6.07, 6.45) is 1.91. The van der Waals surface area contributed by atoms with E-state index in [9.17, 15) is 9.59 Å². The maximum absolute atomic E-state index is 12.6. The van der Waals surface area contributed by atoms with Crippen LogP contribution in [0.2, 0.25) is 0 Å². The molecule has 1 aromatic heterocycles. The van der Waals surface area contributed by atoms with Crippen molar-refractivity contribution in [1.29, 1.82) is 0 Å². The molecule has 0 radical (unpaired) electrons. The van der Waals surface area contributed by atoms with Gasteiger partial charge in [-0.05, 0) is 25.5 Å². The first-order chi connectivity index (χ1) is 11.4. The largest absolute Gasteiger partial charge is 0.406 e. The van der Waals surface area contributed by atoms with Crippen molar-refractivity contribution in [1.82, 2.24) is 14.4 Å². The molecule has 0 aliphatic carbocycles. The van der Waals surface area contributed by atoms with Gasteiger partial charge in [-0.3, -0.25) is 14.6 Å². The van der Waals surface area contributed by atoms with Crippen LogP contribution in [0.25, 0.3) is 5.69 Å². The first-order valence-corrected chi connectivity index (χ1v) is 7.75. The first kappa shape index (κ1) is 14.6. The minimum absolute atomic E-state index is 0.262. The highest BCUT2D eigenvalue weighted by molar-refractivity contribution is 6.18. The van der Waals surface area contributed by atoms with Gasteiger partial charge in [-0.1, -0.05) is 23.2 Å². The molecular formula is C17H18N5O2+. The molecule has 0 N–H and O–H groups in total. The lowest BCUT2D eigenvalue weighted by Crippen LogP contribution is -2.61. The molecule has 7 nitrogen and oxygen atoms in total. The summed E-state index contributed by atoms with van der Waals surface area (Å²) in [7, 11) is 3.15. The lowest BCUT2D eigenvalue weighted by atomic mass is 10.2. The lowest BCUT2D eigenvalue weighted by molar-refractivity contribution is -0.676. The number of benzene rings is 1. The Bertz CT molecular complexity index is 927. The molecule has 24 heavy (non-hydrogen) atoms. The summed E-state index contributed by atoms with van der Waals surface area (Å²) in [6.45, 7) is 4.02. The van der Waals surface area contributed by atoms with E-state index in [0.29, 0.717) is 11.8 Å². The SMILES string of the molecule is Cc1ccccc1-n1c(C)c[n+]2c1N=C1C2C(=O)N(C)C(=O)N1C. The van der Waals surface area contributed by atoms with E-state index in [1.807, 2.05) is 53.4 Å². The van der Waals surface area contributed by atoms with Gasteiger partial charge in [0.1, 0.15) is 17.6 Å². The molecule has 0 spiro atoms. The molecule has 0 bridgehead atoms. The Labute approximate surface area is 139 Å². The highest BCUT2D eigenvalue weighted by atomic mass is 16.2. The molecule has 1 aromatic carbocycles. The number of rotatable bonds is 1. The maximum atomic E-state index is 12.6. The van der Waals surface area contributed by atoms with Gasteiger partial charge in [0.25, 0.3) is 5.91 Å². The Balaban J connectivity index is 1.95. The fourth-order valence-electron chi connectivity index (χ4n) is 3.38. The van der Waals surface area contributed by atoms with Crippen molar-refractivity contribution >= 4 is 23.7 Å². The fraction of sp³-hybridized carbons (Fsp3) is 0.294. The molecule has 1 saturated heterocycles. The van der Waals surface area contributed by atoms with E-state index in [-0.39, 0.29) is 11.9 Å². The molecule has 3 amide bonds. The summed E-state index contributed by atoms with van der Waals surface area (Å²) >= 11 is 0. The second-order valence-corrected chi connectivity index (χ2v) is 6.21. The molecule has 4 rings (SSSR count). The van der Waals surface area contributed by atoms with Crippen molar-refractivity contribution in [2.24, 2.45) is 4.99 Å². The van der Waals surface area contributed by atoms with Crippen LogP contribution in [0.4, 0.5) is 10.7 Å². The van der Waals surface area contributed by atoms with Gasteiger partial charge in [-0.2, -0.15) is 4.57 Å². The smallest absolute Gasteiger partial charge is 0.270 e. The summed E-state index contributed by atoms with van der Waals surface area (Å²) in [6, 6.07) is 7.07. The third-order valence-corrected chi connectivity index (χ3v) is 4.69. The second-order valence-electron chi connectivity index (χ2n) is 6.21. The van der Waals surface area contributed by atoms with Crippen LogP contribution < -0.4 is 4.57 Å². The number of nitrogens with zero attached hydrogens (tertiary/aromatic N) is 5. The van der Waals surface area contributed by atoms with Crippen LogP contribution in [0.5, 0.6) is 0 Å². The Morgan fingerprint density at radius 3 is 2.50 bits per heavy atom. The van der Waals surface area contributed by atoms with Gasteiger partial charge in [0.05, 0.1) is 0 Å². The van der Waals surface area contributed by atoms with E-state index in [4.69, 9.17) is 0 Å². The molecule has 1 unspecified atom stereocenters. The van der Waals surface area contributed by atoms with Gasteiger partial charge in [-0.15, -0.1) is 0 Å². The molecule has 0 saturated carbocycles. The quantitative estimate of drug-likeness (QED) is 0.746. The third-order valence-electron chi connectivity index (χ3n) is 4.69. The maximum Gasteiger partial charge on any atom is 0.406 e. The molecule has 122 valence electrons. The highest BCUT2D eigenvalue weighted by Crippen LogP contribution is 2.31. The average molecular weight is 324 g/mol. The number of imidazole rings is 1. The van der Waals surface area contributed by atoms with Gasteiger partial charge in [0.2, 0.25) is 11.9 Å². The van der Waals surface area contributed by atoms with E-state index in [2.05, 4.69) is 4.99 Å².